The number of hydrogen-bond acceptors (Lipinski definition) is 4. The molecule has 1 atom stereocenters. The number of hydrazine groups is 1. The minimum Gasteiger partial charge on any atom is -0.383 e. The number of benzene rings is 1. The normalized spacial score (nSPS) is 12.9. The molecule has 0 bridgehead atoms. The number of ether oxygens (including phenoxy) is 1. The van der Waals surface area contributed by atoms with Gasteiger partial charge in [-0.2, -0.15) is 0 Å². The SMILES string of the molecule is COCC(C)NC(=NCCCN(C)c1ccccc1)NN. The maximum absolute atomic E-state index is 5.46. The Hall–Kier alpha value is -1.79. The lowest BCUT2D eigenvalue weighted by molar-refractivity contribution is 0.179. The summed E-state index contributed by atoms with van der Waals surface area (Å²) in [6.07, 6.45) is 0.955. The Morgan fingerprint density at radius 3 is 2.71 bits per heavy atom. The summed E-state index contributed by atoms with van der Waals surface area (Å²) in [5.74, 6) is 6.05. The van der Waals surface area contributed by atoms with Crippen LogP contribution in [0.2, 0.25) is 0 Å². The summed E-state index contributed by atoms with van der Waals surface area (Å²) in [4.78, 5) is 6.63. The molecule has 1 aromatic rings. The standard InChI is InChI=1S/C15H27N5O/c1-13(12-21-3)18-15(19-16)17-10-7-11-20(2)14-8-5-4-6-9-14/h4-6,8-9,13H,7,10-12,16H2,1-3H3,(H2,17,18,19). The fourth-order valence-corrected chi connectivity index (χ4v) is 1.97. The Labute approximate surface area is 127 Å². The molecule has 6 heteroatoms. The summed E-state index contributed by atoms with van der Waals surface area (Å²) in [6.45, 7) is 4.28. The van der Waals surface area contributed by atoms with Crippen LogP contribution in [0.4, 0.5) is 5.69 Å². The van der Waals surface area contributed by atoms with Gasteiger partial charge in [-0.15, -0.1) is 0 Å². The smallest absolute Gasteiger partial charge is 0.206 e. The van der Waals surface area contributed by atoms with E-state index in [-0.39, 0.29) is 6.04 Å². The molecule has 1 aromatic carbocycles. The lowest BCUT2D eigenvalue weighted by Gasteiger charge is -2.19. The van der Waals surface area contributed by atoms with Crippen LogP contribution in [-0.2, 0) is 4.74 Å². The second kappa shape index (κ2) is 10.0. The van der Waals surface area contributed by atoms with E-state index in [0.717, 1.165) is 13.0 Å². The van der Waals surface area contributed by atoms with E-state index in [4.69, 9.17) is 10.6 Å². The minimum absolute atomic E-state index is 0.164. The molecule has 0 radical (unpaired) electrons. The maximum Gasteiger partial charge on any atom is 0.206 e. The molecule has 0 saturated carbocycles. The van der Waals surface area contributed by atoms with Crippen molar-refractivity contribution in [3.05, 3.63) is 30.3 Å². The Kier molecular flexibility index (Phi) is 8.23. The van der Waals surface area contributed by atoms with Crippen molar-refractivity contribution in [2.45, 2.75) is 19.4 Å². The van der Waals surface area contributed by atoms with E-state index in [0.29, 0.717) is 19.1 Å². The van der Waals surface area contributed by atoms with Crippen LogP contribution in [0.5, 0.6) is 0 Å². The molecule has 0 aliphatic heterocycles. The summed E-state index contributed by atoms with van der Waals surface area (Å²) in [5, 5.41) is 3.16. The molecule has 0 aromatic heterocycles. The maximum atomic E-state index is 5.46. The zero-order chi connectivity index (χ0) is 15.5. The minimum atomic E-state index is 0.164. The van der Waals surface area contributed by atoms with E-state index >= 15 is 0 Å². The molecule has 0 aliphatic rings. The predicted molar refractivity (Wildman–Crippen MR) is 88.4 cm³/mol. The first-order chi connectivity index (χ1) is 10.2. The van der Waals surface area contributed by atoms with Crippen LogP contribution >= 0.6 is 0 Å². The van der Waals surface area contributed by atoms with Gasteiger partial charge in [0.05, 0.1) is 6.61 Å². The van der Waals surface area contributed by atoms with Crippen LogP contribution in [0.15, 0.2) is 35.3 Å². The third kappa shape index (κ3) is 6.97. The molecule has 6 nitrogen and oxygen atoms in total. The number of nitrogens with two attached hydrogens (primary N) is 1. The Bertz CT molecular complexity index is 410. The summed E-state index contributed by atoms with van der Waals surface area (Å²) >= 11 is 0. The van der Waals surface area contributed by atoms with E-state index in [1.54, 1.807) is 7.11 Å². The van der Waals surface area contributed by atoms with Crippen LogP contribution in [0.25, 0.3) is 0 Å². The van der Waals surface area contributed by atoms with Crippen molar-refractivity contribution in [2.75, 3.05) is 38.8 Å². The first-order valence-corrected chi connectivity index (χ1v) is 7.20. The molecule has 0 spiro atoms. The van der Waals surface area contributed by atoms with E-state index in [1.165, 1.54) is 5.69 Å². The molecule has 118 valence electrons. The highest BCUT2D eigenvalue weighted by Crippen LogP contribution is 2.10. The average molecular weight is 293 g/mol. The van der Waals surface area contributed by atoms with Crippen LogP contribution in [0.3, 0.4) is 0 Å². The first-order valence-electron chi connectivity index (χ1n) is 7.20. The zero-order valence-corrected chi connectivity index (χ0v) is 13.2. The van der Waals surface area contributed by atoms with Gasteiger partial charge in [0.25, 0.3) is 0 Å². The lowest BCUT2D eigenvalue weighted by atomic mass is 10.3. The topological polar surface area (TPSA) is 74.9 Å². The first kappa shape index (κ1) is 17.3. The van der Waals surface area contributed by atoms with Crippen molar-refractivity contribution >= 4 is 11.6 Å². The van der Waals surface area contributed by atoms with Gasteiger partial charge in [-0.1, -0.05) is 18.2 Å². The van der Waals surface area contributed by atoms with Gasteiger partial charge < -0.3 is 15.0 Å². The third-order valence-electron chi connectivity index (χ3n) is 3.06. The van der Waals surface area contributed by atoms with E-state index < -0.39 is 0 Å². The van der Waals surface area contributed by atoms with Crippen molar-refractivity contribution < 1.29 is 4.74 Å². The number of para-hydroxylation sites is 1. The molecular weight excluding hydrogens is 266 g/mol. The molecule has 21 heavy (non-hydrogen) atoms. The van der Waals surface area contributed by atoms with Crippen LogP contribution < -0.4 is 21.5 Å². The van der Waals surface area contributed by atoms with Crippen molar-refractivity contribution in [3.8, 4) is 0 Å². The number of guanidine groups is 1. The highest BCUT2D eigenvalue weighted by Gasteiger charge is 2.03. The van der Waals surface area contributed by atoms with Gasteiger partial charge in [-0.3, -0.25) is 10.4 Å². The summed E-state index contributed by atoms with van der Waals surface area (Å²) in [5.41, 5.74) is 3.79. The van der Waals surface area contributed by atoms with E-state index in [9.17, 15) is 0 Å². The largest absolute Gasteiger partial charge is 0.383 e. The summed E-state index contributed by atoms with van der Waals surface area (Å²) < 4.78 is 5.06. The number of aliphatic imine (C=N–C) groups is 1. The predicted octanol–water partition coefficient (Wildman–Crippen LogP) is 0.957. The monoisotopic (exact) mass is 293 g/mol. The number of nitrogens with zero attached hydrogens (tertiary/aromatic N) is 2. The third-order valence-corrected chi connectivity index (χ3v) is 3.06. The van der Waals surface area contributed by atoms with Gasteiger partial charge in [0, 0.05) is 39.0 Å². The molecule has 0 amide bonds. The Balaban J connectivity index is 2.31. The molecule has 0 aliphatic carbocycles. The molecule has 1 rings (SSSR count). The van der Waals surface area contributed by atoms with Crippen molar-refractivity contribution in [2.24, 2.45) is 10.8 Å². The van der Waals surface area contributed by atoms with Gasteiger partial charge in [0.2, 0.25) is 5.96 Å². The van der Waals surface area contributed by atoms with Crippen molar-refractivity contribution in [3.63, 3.8) is 0 Å². The number of rotatable bonds is 8. The van der Waals surface area contributed by atoms with Crippen molar-refractivity contribution in [1.82, 2.24) is 10.7 Å². The fraction of sp³-hybridized carbons (Fsp3) is 0.533. The Morgan fingerprint density at radius 2 is 2.10 bits per heavy atom. The van der Waals surface area contributed by atoms with Crippen LogP contribution in [-0.4, -0.2) is 45.9 Å². The second-order valence-corrected chi connectivity index (χ2v) is 4.99. The van der Waals surface area contributed by atoms with Gasteiger partial charge in [0.15, 0.2) is 0 Å². The van der Waals surface area contributed by atoms with Gasteiger partial charge in [-0.05, 0) is 25.5 Å². The van der Waals surface area contributed by atoms with Crippen LogP contribution in [0, 0.1) is 0 Å². The highest BCUT2D eigenvalue weighted by atomic mass is 16.5. The second-order valence-electron chi connectivity index (χ2n) is 4.99. The molecule has 4 N–H and O–H groups in total. The quantitative estimate of drug-likeness (QED) is 0.219. The Morgan fingerprint density at radius 1 is 1.38 bits per heavy atom. The number of nitrogens with one attached hydrogen (secondary N) is 2. The molecule has 1 unspecified atom stereocenters. The summed E-state index contributed by atoms with van der Waals surface area (Å²) in [7, 11) is 3.75. The van der Waals surface area contributed by atoms with Gasteiger partial charge in [0.1, 0.15) is 0 Å². The molecule has 0 fully saturated rings. The summed E-state index contributed by atoms with van der Waals surface area (Å²) in [6, 6.07) is 10.5. The van der Waals surface area contributed by atoms with E-state index in [1.807, 2.05) is 25.1 Å². The molecule has 0 heterocycles. The fourth-order valence-electron chi connectivity index (χ4n) is 1.97. The molecule has 0 saturated heterocycles. The average Bonchev–Trinajstić information content (AvgIpc) is 2.51. The zero-order valence-electron chi connectivity index (χ0n) is 13.2. The number of hydrogen-bond donors (Lipinski definition) is 3. The van der Waals surface area contributed by atoms with Gasteiger partial charge in [-0.25, -0.2) is 5.84 Å². The van der Waals surface area contributed by atoms with Crippen molar-refractivity contribution in [1.29, 1.82) is 0 Å². The van der Waals surface area contributed by atoms with Gasteiger partial charge >= 0.3 is 0 Å². The van der Waals surface area contributed by atoms with E-state index in [2.05, 4.69) is 39.8 Å². The molecular formula is C15H27N5O. The number of anilines is 1. The highest BCUT2D eigenvalue weighted by molar-refractivity contribution is 5.79. The van der Waals surface area contributed by atoms with Crippen LogP contribution in [0.1, 0.15) is 13.3 Å². The lowest BCUT2D eigenvalue weighted by Crippen LogP contribution is -2.47. The number of methoxy groups -OCH3 is 1.